The van der Waals surface area contributed by atoms with Gasteiger partial charge >= 0.3 is 5.97 Å². The third kappa shape index (κ3) is 5.64. The van der Waals surface area contributed by atoms with Crippen molar-refractivity contribution >= 4 is 5.97 Å². The number of esters is 1. The van der Waals surface area contributed by atoms with E-state index in [0.29, 0.717) is 0 Å². The Hall–Kier alpha value is -0.530. The van der Waals surface area contributed by atoms with Crippen molar-refractivity contribution in [3.63, 3.8) is 0 Å². The Labute approximate surface area is 131 Å². The Morgan fingerprint density at radius 3 is 2.24 bits per heavy atom. The maximum Gasteiger partial charge on any atom is 0.308 e. The van der Waals surface area contributed by atoms with Crippen molar-refractivity contribution in [2.24, 2.45) is 17.8 Å². The average molecular weight is 294 g/mol. The zero-order chi connectivity index (χ0) is 15.1. The number of hydrogen-bond acceptors (Lipinski definition) is 2. The molecule has 2 rings (SSSR count). The van der Waals surface area contributed by atoms with E-state index in [1.54, 1.807) is 0 Å². The first-order valence-corrected chi connectivity index (χ1v) is 9.39. The largest absolute Gasteiger partial charge is 0.462 e. The van der Waals surface area contributed by atoms with Crippen molar-refractivity contribution < 1.29 is 9.53 Å². The van der Waals surface area contributed by atoms with Crippen LogP contribution in [-0.4, -0.2) is 12.1 Å². The minimum atomic E-state index is 0.0594. The SMILES string of the molecule is CC[C@H]1CC[C@H](CCC(C)C(=O)OC2CCCCC2)CC1. The molecule has 2 saturated carbocycles. The summed E-state index contributed by atoms with van der Waals surface area (Å²) in [5.74, 6) is 1.98. The summed E-state index contributed by atoms with van der Waals surface area (Å²) in [6.07, 6.45) is 15.3. The van der Waals surface area contributed by atoms with Crippen LogP contribution in [0.2, 0.25) is 0 Å². The highest BCUT2D eigenvalue weighted by Crippen LogP contribution is 2.34. The molecule has 2 fully saturated rings. The van der Waals surface area contributed by atoms with E-state index in [1.807, 2.05) is 0 Å². The molecule has 0 spiro atoms. The van der Waals surface area contributed by atoms with Gasteiger partial charge in [-0.2, -0.15) is 0 Å². The molecule has 2 aliphatic rings. The lowest BCUT2D eigenvalue weighted by Gasteiger charge is -2.28. The molecule has 0 aliphatic heterocycles. The summed E-state index contributed by atoms with van der Waals surface area (Å²) in [6.45, 7) is 4.37. The van der Waals surface area contributed by atoms with Gasteiger partial charge in [-0.05, 0) is 50.4 Å². The van der Waals surface area contributed by atoms with Gasteiger partial charge in [0.15, 0.2) is 0 Å². The summed E-state index contributed by atoms with van der Waals surface area (Å²) in [7, 11) is 0. The Bertz CT molecular complexity index is 299. The van der Waals surface area contributed by atoms with Gasteiger partial charge in [0, 0.05) is 0 Å². The first-order chi connectivity index (χ1) is 10.2. The van der Waals surface area contributed by atoms with Gasteiger partial charge < -0.3 is 4.74 Å². The van der Waals surface area contributed by atoms with E-state index in [4.69, 9.17) is 4.74 Å². The summed E-state index contributed by atoms with van der Waals surface area (Å²) in [5.41, 5.74) is 0. The molecule has 0 aromatic heterocycles. The lowest BCUT2D eigenvalue weighted by Crippen LogP contribution is -2.25. The second-order valence-corrected chi connectivity index (χ2v) is 7.47. The van der Waals surface area contributed by atoms with Gasteiger partial charge in [-0.1, -0.05) is 52.4 Å². The Kier molecular flexibility index (Phi) is 7.06. The molecule has 1 atom stereocenters. The number of hydrogen-bond donors (Lipinski definition) is 0. The maximum absolute atomic E-state index is 12.2. The van der Waals surface area contributed by atoms with Crippen molar-refractivity contribution in [1.82, 2.24) is 0 Å². The molecule has 0 heterocycles. The maximum atomic E-state index is 12.2. The fraction of sp³-hybridized carbons (Fsp3) is 0.947. The van der Waals surface area contributed by atoms with Gasteiger partial charge in [-0.25, -0.2) is 0 Å². The summed E-state index contributed by atoms with van der Waals surface area (Å²) in [6, 6.07) is 0. The minimum absolute atomic E-state index is 0.0594. The van der Waals surface area contributed by atoms with Crippen molar-refractivity contribution in [1.29, 1.82) is 0 Å². The molecular weight excluding hydrogens is 260 g/mol. The van der Waals surface area contributed by atoms with E-state index in [2.05, 4.69) is 13.8 Å². The van der Waals surface area contributed by atoms with E-state index >= 15 is 0 Å². The second kappa shape index (κ2) is 8.80. The van der Waals surface area contributed by atoms with Gasteiger partial charge in [-0.3, -0.25) is 4.79 Å². The molecule has 0 N–H and O–H groups in total. The molecule has 2 aliphatic carbocycles. The van der Waals surface area contributed by atoms with Crippen LogP contribution in [0.5, 0.6) is 0 Å². The minimum Gasteiger partial charge on any atom is -0.462 e. The van der Waals surface area contributed by atoms with Gasteiger partial charge in [0.2, 0.25) is 0 Å². The Morgan fingerprint density at radius 2 is 1.62 bits per heavy atom. The van der Waals surface area contributed by atoms with E-state index in [-0.39, 0.29) is 18.0 Å². The summed E-state index contributed by atoms with van der Waals surface area (Å²) in [4.78, 5) is 12.2. The Balaban J connectivity index is 1.62. The van der Waals surface area contributed by atoms with Crippen molar-refractivity contribution in [3.8, 4) is 0 Å². The van der Waals surface area contributed by atoms with Crippen LogP contribution in [0.4, 0.5) is 0 Å². The first kappa shape index (κ1) is 16.8. The van der Waals surface area contributed by atoms with Crippen LogP contribution in [-0.2, 0) is 9.53 Å². The average Bonchev–Trinajstić information content (AvgIpc) is 2.54. The molecule has 122 valence electrons. The van der Waals surface area contributed by atoms with Crippen LogP contribution in [0.3, 0.4) is 0 Å². The van der Waals surface area contributed by atoms with E-state index in [9.17, 15) is 4.79 Å². The Morgan fingerprint density at radius 1 is 1.00 bits per heavy atom. The molecule has 0 aromatic carbocycles. The third-order valence-electron chi connectivity index (χ3n) is 5.79. The molecule has 0 radical (unpaired) electrons. The van der Waals surface area contributed by atoms with Gasteiger partial charge in [0.1, 0.15) is 6.10 Å². The van der Waals surface area contributed by atoms with Crippen molar-refractivity contribution in [2.75, 3.05) is 0 Å². The van der Waals surface area contributed by atoms with Crippen LogP contribution in [0.25, 0.3) is 0 Å². The zero-order valence-corrected chi connectivity index (χ0v) is 14.1. The van der Waals surface area contributed by atoms with Crippen molar-refractivity contribution in [3.05, 3.63) is 0 Å². The molecule has 2 nitrogen and oxygen atoms in total. The topological polar surface area (TPSA) is 26.3 Å². The summed E-state index contributed by atoms with van der Waals surface area (Å²) in [5, 5.41) is 0. The van der Waals surface area contributed by atoms with Crippen LogP contribution >= 0.6 is 0 Å². The molecular formula is C19H34O2. The van der Waals surface area contributed by atoms with Crippen molar-refractivity contribution in [2.45, 2.75) is 97.0 Å². The normalized spacial score (nSPS) is 29.0. The standard InChI is InChI=1S/C19H34O2/c1-3-16-11-13-17(14-12-16)10-9-15(2)19(20)21-18-7-5-4-6-8-18/h15-18H,3-14H2,1-2H3/t15?,16-,17-. The monoisotopic (exact) mass is 294 g/mol. The number of ether oxygens (including phenoxy) is 1. The molecule has 0 bridgehead atoms. The lowest BCUT2D eigenvalue weighted by atomic mass is 9.78. The van der Waals surface area contributed by atoms with Crippen LogP contribution < -0.4 is 0 Å². The lowest BCUT2D eigenvalue weighted by molar-refractivity contribution is -0.155. The second-order valence-electron chi connectivity index (χ2n) is 7.47. The number of rotatable bonds is 6. The zero-order valence-electron chi connectivity index (χ0n) is 14.1. The van der Waals surface area contributed by atoms with Gasteiger partial charge in [-0.15, -0.1) is 0 Å². The number of carbonyl (C=O) groups is 1. The predicted molar refractivity (Wildman–Crippen MR) is 87.1 cm³/mol. The molecule has 0 amide bonds. The fourth-order valence-electron chi connectivity index (χ4n) is 4.00. The van der Waals surface area contributed by atoms with Gasteiger partial charge in [0.25, 0.3) is 0 Å². The molecule has 1 unspecified atom stereocenters. The van der Waals surface area contributed by atoms with Crippen LogP contribution in [0, 0.1) is 17.8 Å². The molecule has 2 heteroatoms. The third-order valence-corrected chi connectivity index (χ3v) is 5.79. The van der Waals surface area contributed by atoms with E-state index in [1.165, 1.54) is 57.8 Å². The van der Waals surface area contributed by atoms with E-state index < -0.39 is 0 Å². The molecule has 21 heavy (non-hydrogen) atoms. The highest BCUT2D eigenvalue weighted by Gasteiger charge is 2.24. The van der Waals surface area contributed by atoms with E-state index in [0.717, 1.165) is 31.1 Å². The first-order valence-electron chi connectivity index (χ1n) is 9.39. The molecule has 0 saturated heterocycles. The summed E-state index contributed by atoms with van der Waals surface area (Å²) < 4.78 is 5.69. The number of carbonyl (C=O) groups excluding carboxylic acids is 1. The fourth-order valence-corrected chi connectivity index (χ4v) is 4.00. The highest BCUT2D eigenvalue weighted by atomic mass is 16.5. The van der Waals surface area contributed by atoms with Crippen LogP contribution in [0.15, 0.2) is 0 Å². The molecule has 0 aromatic rings. The van der Waals surface area contributed by atoms with Crippen LogP contribution in [0.1, 0.15) is 90.9 Å². The summed E-state index contributed by atoms with van der Waals surface area (Å²) >= 11 is 0. The quantitative estimate of drug-likeness (QED) is 0.605. The highest BCUT2D eigenvalue weighted by molar-refractivity contribution is 5.72. The van der Waals surface area contributed by atoms with Gasteiger partial charge in [0.05, 0.1) is 5.92 Å². The smallest absolute Gasteiger partial charge is 0.308 e. The predicted octanol–water partition coefficient (Wildman–Crippen LogP) is 5.50.